The normalized spacial score (nSPS) is 22.0. The summed E-state index contributed by atoms with van der Waals surface area (Å²) in [6.07, 6.45) is 4.80. The summed E-state index contributed by atoms with van der Waals surface area (Å²) in [5.74, 6) is -0.566. The van der Waals surface area contributed by atoms with E-state index in [-0.39, 0.29) is 11.8 Å². The Bertz CT molecular complexity index is 1210. The van der Waals surface area contributed by atoms with Crippen molar-refractivity contribution < 1.29 is 23.8 Å². The lowest BCUT2D eigenvalue weighted by atomic mass is 9.93. The number of carboxylic acid groups (broad SMARTS) is 1. The summed E-state index contributed by atoms with van der Waals surface area (Å²) in [4.78, 5) is 30.5. The summed E-state index contributed by atoms with van der Waals surface area (Å²) in [5, 5.41) is 11.9. The van der Waals surface area contributed by atoms with Crippen LogP contribution in [0.4, 0.5) is 15.9 Å². The quantitative estimate of drug-likeness (QED) is 0.687. The fraction of sp³-hybridized carbons (Fsp3) is 0.320. The fourth-order valence-electron chi connectivity index (χ4n) is 4.69. The highest BCUT2D eigenvalue weighted by Crippen LogP contribution is 2.44. The van der Waals surface area contributed by atoms with Gasteiger partial charge in [0.05, 0.1) is 11.5 Å². The average molecular weight is 449 g/mol. The van der Waals surface area contributed by atoms with Crippen LogP contribution in [0.2, 0.25) is 0 Å². The summed E-state index contributed by atoms with van der Waals surface area (Å²) >= 11 is 0. The van der Waals surface area contributed by atoms with Crippen LogP contribution in [-0.2, 0) is 14.3 Å². The molecule has 7 nitrogen and oxygen atoms in total. The number of piperidine rings is 1. The van der Waals surface area contributed by atoms with E-state index in [0.29, 0.717) is 48.5 Å². The van der Waals surface area contributed by atoms with Crippen LogP contribution < -0.4 is 10.2 Å². The Labute approximate surface area is 190 Å². The SMILES string of the molecule is CC1(C)OC(=C2C(=O)Nc3ccc(F)cc32)C=C1c1ccc(N2CCC(C(=O)O)CC2)nc1. The number of aliphatic carboxylic acids is 1. The minimum absolute atomic E-state index is 0.292. The molecule has 0 bridgehead atoms. The van der Waals surface area contributed by atoms with Crippen molar-refractivity contribution in [2.75, 3.05) is 23.3 Å². The number of nitrogens with zero attached hydrogens (tertiary/aromatic N) is 2. The number of hydrogen-bond donors (Lipinski definition) is 2. The smallest absolute Gasteiger partial charge is 0.306 e. The van der Waals surface area contributed by atoms with Crippen molar-refractivity contribution in [1.82, 2.24) is 4.98 Å². The number of benzene rings is 1. The number of halogens is 1. The molecule has 0 atom stereocenters. The monoisotopic (exact) mass is 449 g/mol. The molecule has 0 saturated carbocycles. The number of amides is 1. The third kappa shape index (κ3) is 3.75. The first-order chi connectivity index (χ1) is 15.7. The third-order valence-corrected chi connectivity index (χ3v) is 6.49. The van der Waals surface area contributed by atoms with Gasteiger partial charge in [-0.15, -0.1) is 0 Å². The molecule has 3 aliphatic heterocycles. The van der Waals surface area contributed by atoms with Crippen LogP contribution in [0.15, 0.2) is 48.4 Å². The zero-order valence-corrected chi connectivity index (χ0v) is 18.4. The molecule has 1 aromatic carbocycles. The molecule has 1 saturated heterocycles. The van der Waals surface area contributed by atoms with Crippen LogP contribution in [0.5, 0.6) is 0 Å². The molecule has 4 heterocycles. The Morgan fingerprint density at radius 2 is 2.00 bits per heavy atom. The first kappa shape index (κ1) is 21.2. The number of allylic oxidation sites excluding steroid dienone is 1. The van der Waals surface area contributed by atoms with Crippen molar-refractivity contribution in [3.63, 3.8) is 0 Å². The molecule has 2 N–H and O–H groups in total. The van der Waals surface area contributed by atoms with E-state index in [4.69, 9.17) is 4.74 Å². The maximum atomic E-state index is 13.8. The molecule has 33 heavy (non-hydrogen) atoms. The van der Waals surface area contributed by atoms with Crippen LogP contribution in [0, 0.1) is 11.7 Å². The Kier molecular flexibility index (Phi) is 4.96. The summed E-state index contributed by atoms with van der Waals surface area (Å²) in [5.41, 5.74) is 2.38. The van der Waals surface area contributed by atoms with E-state index in [2.05, 4.69) is 15.2 Å². The maximum absolute atomic E-state index is 13.8. The number of fused-ring (bicyclic) bond motifs is 1. The lowest BCUT2D eigenvalue weighted by Crippen LogP contribution is -2.36. The predicted molar refractivity (Wildman–Crippen MR) is 122 cm³/mol. The number of carbonyl (C=O) groups is 2. The zero-order valence-electron chi connectivity index (χ0n) is 18.4. The van der Waals surface area contributed by atoms with Crippen molar-refractivity contribution in [2.24, 2.45) is 5.92 Å². The number of anilines is 2. The first-order valence-corrected chi connectivity index (χ1v) is 10.9. The second-order valence-electron chi connectivity index (χ2n) is 9.06. The van der Waals surface area contributed by atoms with E-state index in [0.717, 1.165) is 17.0 Å². The third-order valence-electron chi connectivity index (χ3n) is 6.49. The largest absolute Gasteiger partial charge is 0.482 e. The Morgan fingerprint density at radius 3 is 2.67 bits per heavy atom. The van der Waals surface area contributed by atoms with Gasteiger partial charge < -0.3 is 20.1 Å². The van der Waals surface area contributed by atoms with E-state index < -0.39 is 17.4 Å². The Hall–Kier alpha value is -3.68. The summed E-state index contributed by atoms with van der Waals surface area (Å²) in [6.45, 7) is 5.14. The maximum Gasteiger partial charge on any atom is 0.306 e. The molecule has 0 aliphatic carbocycles. The molecule has 8 heteroatoms. The van der Waals surface area contributed by atoms with Crippen LogP contribution in [0.3, 0.4) is 0 Å². The minimum Gasteiger partial charge on any atom is -0.482 e. The average Bonchev–Trinajstić information content (AvgIpc) is 3.28. The molecule has 0 radical (unpaired) electrons. The van der Waals surface area contributed by atoms with Gasteiger partial charge in [-0.3, -0.25) is 9.59 Å². The molecular formula is C25H24FN3O4. The van der Waals surface area contributed by atoms with Gasteiger partial charge in [-0.25, -0.2) is 9.37 Å². The predicted octanol–water partition coefficient (Wildman–Crippen LogP) is 4.08. The van der Waals surface area contributed by atoms with Crippen molar-refractivity contribution in [3.8, 4) is 0 Å². The van der Waals surface area contributed by atoms with Crippen LogP contribution in [0.25, 0.3) is 11.1 Å². The van der Waals surface area contributed by atoms with Crippen molar-refractivity contribution in [2.45, 2.75) is 32.3 Å². The van der Waals surface area contributed by atoms with Crippen molar-refractivity contribution in [1.29, 1.82) is 0 Å². The number of carboxylic acids is 1. The van der Waals surface area contributed by atoms with Gasteiger partial charge in [-0.05, 0) is 63.1 Å². The highest BCUT2D eigenvalue weighted by Gasteiger charge is 2.38. The van der Waals surface area contributed by atoms with Gasteiger partial charge >= 0.3 is 5.97 Å². The molecule has 1 aromatic heterocycles. The fourth-order valence-corrected chi connectivity index (χ4v) is 4.69. The molecular weight excluding hydrogens is 425 g/mol. The summed E-state index contributed by atoms with van der Waals surface area (Å²) in [7, 11) is 0. The molecule has 2 aromatic rings. The van der Waals surface area contributed by atoms with Gasteiger partial charge in [0, 0.05) is 41.7 Å². The van der Waals surface area contributed by atoms with Crippen LogP contribution in [0.1, 0.15) is 37.8 Å². The van der Waals surface area contributed by atoms with Crippen LogP contribution in [-0.4, -0.2) is 40.7 Å². The highest BCUT2D eigenvalue weighted by atomic mass is 19.1. The Morgan fingerprint density at radius 1 is 1.24 bits per heavy atom. The number of hydrogen-bond acceptors (Lipinski definition) is 5. The number of ether oxygens (including phenoxy) is 1. The first-order valence-electron chi connectivity index (χ1n) is 10.9. The van der Waals surface area contributed by atoms with E-state index >= 15 is 0 Å². The van der Waals surface area contributed by atoms with E-state index in [9.17, 15) is 19.1 Å². The van der Waals surface area contributed by atoms with Crippen molar-refractivity contribution in [3.05, 3.63) is 65.3 Å². The van der Waals surface area contributed by atoms with Gasteiger partial charge in [-0.1, -0.05) is 0 Å². The van der Waals surface area contributed by atoms with E-state index in [1.807, 2.05) is 32.1 Å². The molecule has 1 fully saturated rings. The van der Waals surface area contributed by atoms with Gasteiger partial charge in [0.25, 0.3) is 5.91 Å². The van der Waals surface area contributed by atoms with E-state index in [1.165, 1.54) is 12.1 Å². The Balaban J connectivity index is 1.43. The van der Waals surface area contributed by atoms with Gasteiger partial charge in [0.2, 0.25) is 0 Å². The van der Waals surface area contributed by atoms with Gasteiger partial charge in [-0.2, -0.15) is 0 Å². The molecule has 0 unspecified atom stereocenters. The molecule has 0 spiro atoms. The molecule has 1 amide bonds. The second-order valence-corrected chi connectivity index (χ2v) is 9.06. The lowest BCUT2D eigenvalue weighted by molar-refractivity contribution is -0.142. The minimum atomic E-state index is -0.736. The molecule has 170 valence electrons. The topological polar surface area (TPSA) is 91.8 Å². The standard InChI is InChI=1S/C25H24FN3O4/c1-25(2)18(12-20(33-25)22-17-11-16(26)4-5-19(17)28-23(22)30)15-3-6-21(27-13-15)29-9-7-14(8-10-29)24(31)32/h3-6,11-14H,7-10H2,1-2H3,(H,28,30)(H,31,32). The molecule has 5 rings (SSSR count). The van der Waals surface area contributed by atoms with Crippen molar-refractivity contribution >= 4 is 34.5 Å². The molecule has 3 aliphatic rings. The number of rotatable bonds is 3. The highest BCUT2D eigenvalue weighted by molar-refractivity contribution is 6.32. The van der Waals surface area contributed by atoms with Gasteiger partial charge in [0.15, 0.2) is 0 Å². The number of pyridine rings is 1. The summed E-state index contributed by atoms with van der Waals surface area (Å²) < 4.78 is 20.0. The number of carbonyl (C=O) groups excluding carboxylic acids is 1. The second kappa shape index (κ2) is 7.72. The zero-order chi connectivity index (χ0) is 23.3. The van der Waals surface area contributed by atoms with Gasteiger partial charge in [0.1, 0.15) is 23.0 Å². The van der Waals surface area contributed by atoms with Crippen LogP contribution >= 0.6 is 0 Å². The summed E-state index contributed by atoms with van der Waals surface area (Å²) in [6, 6.07) is 8.07. The lowest BCUT2D eigenvalue weighted by Gasteiger charge is -2.31. The number of aromatic nitrogens is 1. The number of nitrogens with one attached hydrogen (secondary N) is 1. The van der Waals surface area contributed by atoms with E-state index in [1.54, 1.807) is 12.3 Å².